The molecular formula is C18H26N4O4. The van der Waals surface area contributed by atoms with Gasteiger partial charge < -0.3 is 20.1 Å². The third-order valence-electron chi connectivity index (χ3n) is 4.41. The van der Waals surface area contributed by atoms with Crippen molar-refractivity contribution in [2.75, 3.05) is 13.7 Å². The zero-order valence-electron chi connectivity index (χ0n) is 15.4. The van der Waals surface area contributed by atoms with Crippen LogP contribution < -0.4 is 20.6 Å². The van der Waals surface area contributed by atoms with E-state index in [9.17, 15) is 9.59 Å². The maximum Gasteiger partial charge on any atom is 0.332 e. The van der Waals surface area contributed by atoms with Crippen LogP contribution in [0.25, 0.3) is 0 Å². The fourth-order valence-electron chi connectivity index (χ4n) is 3.18. The highest BCUT2D eigenvalue weighted by Crippen LogP contribution is 2.28. The van der Waals surface area contributed by atoms with Crippen molar-refractivity contribution in [3.8, 4) is 11.5 Å². The van der Waals surface area contributed by atoms with Crippen LogP contribution >= 0.6 is 0 Å². The molecule has 1 aromatic carbocycles. The molecule has 8 nitrogen and oxygen atoms in total. The van der Waals surface area contributed by atoms with Crippen LogP contribution in [0.2, 0.25) is 0 Å². The summed E-state index contributed by atoms with van der Waals surface area (Å²) in [7, 11) is 1.52. The number of rotatable bonds is 6. The smallest absolute Gasteiger partial charge is 0.332 e. The number of amides is 3. The molecule has 142 valence electrons. The number of benzene rings is 1. The molecule has 26 heavy (non-hydrogen) atoms. The number of piperidine rings is 1. The van der Waals surface area contributed by atoms with Gasteiger partial charge in [0.25, 0.3) is 5.91 Å². The van der Waals surface area contributed by atoms with E-state index < -0.39 is 6.03 Å². The monoisotopic (exact) mass is 362 g/mol. The summed E-state index contributed by atoms with van der Waals surface area (Å²) in [5, 5.41) is 3.69. The number of hydrogen-bond acceptors (Lipinski definition) is 5. The van der Waals surface area contributed by atoms with Gasteiger partial charge in [-0.25, -0.2) is 10.2 Å². The van der Waals surface area contributed by atoms with E-state index in [1.165, 1.54) is 13.3 Å². The lowest BCUT2D eigenvalue weighted by Gasteiger charge is -2.39. The molecule has 0 aromatic heterocycles. The highest BCUT2D eigenvalue weighted by atomic mass is 16.5. The van der Waals surface area contributed by atoms with Gasteiger partial charge in [0, 0.05) is 12.1 Å². The second-order valence-electron chi connectivity index (χ2n) is 6.36. The first-order chi connectivity index (χ1) is 12.4. The summed E-state index contributed by atoms with van der Waals surface area (Å²) in [4.78, 5) is 25.1. The van der Waals surface area contributed by atoms with Crippen LogP contribution in [0.1, 0.15) is 38.7 Å². The lowest BCUT2D eigenvalue weighted by molar-refractivity contribution is -0.139. The van der Waals surface area contributed by atoms with E-state index >= 15 is 0 Å². The van der Waals surface area contributed by atoms with Crippen LogP contribution in [0.15, 0.2) is 23.3 Å². The number of ether oxygens (including phenoxy) is 2. The van der Waals surface area contributed by atoms with E-state index in [-0.39, 0.29) is 24.6 Å². The Balaban J connectivity index is 2.01. The molecule has 0 saturated carbocycles. The first kappa shape index (κ1) is 19.6. The van der Waals surface area contributed by atoms with Gasteiger partial charge in [-0.15, -0.1) is 0 Å². The van der Waals surface area contributed by atoms with E-state index in [0.29, 0.717) is 17.1 Å². The molecule has 8 heteroatoms. The predicted octanol–water partition coefficient (Wildman–Crippen LogP) is 1.87. The third-order valence-corrected chi connectivity index (χ3v) is 4.41. The Morgan fingerprint density at radius 2 is 2.00 bits per heavy atom. The molecule has 1 aliphatic rings. The Morgan fingerprint density at radius 1 is 1.31 bits per heavy atom. The number of carbonyl (C=O) groups excluding carboxylic acids is 2. The van der Waals surface area contributed by atoms with Crippen LogP contribution in [-0.4, -0.2) is 48.9 Å². The molecule has 1 heterocycles. The van der Waals surface area contributed by atoms with E-state index in [2.05, 4.69) is 24.4 Å². The van der Waals surface area contributed by atoms with Crippen LogP contribution in [0.3, 0.4) is 0 Å². The standard InChI is InChI=1S/C18H26N4O4/c1-12-5-4-6-13(2)22(12)17(23)11-26-15-8-7-14(9-16(15)25-3)10-20-21-18(19)24/h7-10,12-13H,4-6,11H2,1-3H3,(H3,19,21,24)/b20-10-/t12-,13-/m1/s1. The minimum atomic E-state index is -0.743. The molecule has 0 aliphatic carbocycles. The van der Waals surface area contributed by atoms with Crippen molar-refractivity contribution in [3.63, 3.8) is 0 Å². The molecule has 1 aliphatic heterocycles. The summed E-state index contributed by atoms with van der Waals surface area (Å²) in [6, 6.07) is 4.84. The molecule has 1 aromatic rings. The summed E-state index contributed by atoms with van der Waals surface area (Å²) in [6.07, 6.45) is 4.62. The summed E-state index contributed by atoms with van der Waals surface area (Å²) < 4.78 is 11.0. The van der Waals surface area contributed by atoms with Gasteiger partial charge in [-0.3, -0.25) is 4.79 Å². The number of hydrogen-bond donors (Lipinski definition) is 2. The average Bonchev–Trinajstić information content (AvgIpc) is 2.60. The molecular weight excluding hydrogens is 336 g/mol. The second kappa shape index (κ2) is 9.07. The molecule has 0 radical (unpaired) electrons. The van der Waals surface area contributed by atoms with E-state index in [1.807, 2.05) is 4.90 Å². The van der Waals surface area contributed by atoms with Gasteiger partial charge >= 0.3 is 6.03 Å². The van der Waals surface area contributed by atoms with Crippen molar-refractivity contribution in [2.45, 2.75) is 45.2 Å². The van der Waals surface area contributed by atoms with Crippen molar-refractivity contribution < 1.29 is 19.1 Å². The summed E-state index contributed by atoms with van der Waals surface area (Å²) in [5.74, 6) is 0.918. The molecule has 1 saturated heterocycles. The van der Waals surface area contributed by atoms with Crippen molar-refractivity contribution >= 4 is 18.2 Å². The predicted molar refractivity (Wildman–Crippen MR) is 98.4 cm³/mol. The minimum Gasteiger partial charge on any atom is -0.493 e. The number of carbonyl (C=O) groups is 2. The van der Waals surface area contributed by atoms with Crippen molar-refractivity contribution in [2.24, 2.45) is 10.8 Å². The number of urea groups is 1. The zero-order chi connectivity index (χ0) is 19.1. The summed E-state index contributed by atoms with van der Waals surface area (Å²) in [6.45, 7) is 4.10. The van der Waals surface area contributed by atoms with Crippen LogP contribution in [0.4, 0.5) is 4.79 Å². The number of primary amides is 1. The number of nitrogens with zero attached hydrogens (tertiary/aromatic N) is 2. The van der Waals surface area contributed by atoms with Crippen molar-refractivity contribution in [1.29, 1.82) is 0 Å². The van der Waals surface area contributed by atoms with Crippen LogP contribution in [-0.2, 0) is 4.79 Å². The first-order valence-electron chi connectivity index (χ1n) is 8.63. The van der Waals surface area contributed by atoms with Gasteiger partial charge in [-0.2, -0.15) is 5.10 Å². The number of likely N-dealkylation sites (tertiary alicyclic amines) is 1. The molecule has 3 amide bonds. The molecule has 3 N–H and O–H groups in total. The van der Waals surface area contributed by atoms with Crippen molar-refractivity contribution in [1.82, 2.24) is 10.3 Å². The molecule has 0 bridgehead atoms. The van der Waals surface area contributed by atoms with Crippen LogP contribution in [0, 0.1) is 0 Å². The summed E-state index contributed by atoms with van der Waals surface area (Å²) >= 11 is 0. The van der Waals surface area contributed by atoms with Gasteiger partial charge in [0.05, 0.1) is 13.3 Å². The Morgan fingerprint density at radius 3 is 2.62 bits per heavy atom. The van der Waals surface area contributed by atoms with E-state index in [0.717, 1.165) is 19.3 Å². The van der Waals surface area contributed by atoms with Crippen LogP contribution in [0.5, 0.6) is 11.5 Å². The fraction of sp³-hybridized carbons (Fsp3) is 0.500. The molecule has 1 fully saturated rings. The van der Waals surface area contributed by atoms with Gasteiger partial charge in [0.15, 0.2) is 18.1 Å². The Hall–Kier alpha value is -2.77. The SMILES string of the molecule is COc1cc(/C=N\NC(N)=O)ccc1OCC(=O)N1[C@H](C)CCC[C@H]1C. The Labute approximate surface area is 153 Å². The van der Waals surface area contributed by atoms with Gasteiger partial charge in [-0.1, -0.05) is 0 Å². The molecule has 0 spiro atoms. The summed E-state index contributed by atoms with van der Waals surface area (Å²) in [5.41, 5.74) is 7.75. The molecule has 0 unspecified atom stereocenters. The first-order valence-corrected chi connectivity index (χ1v) is 8.63. The lowest BCUT2D eigenvalue weighted by Crippen LogP contribution is -2.49. The number of nitrogens with two attached hydrogens (primary N) is 1. The quantitative estimate of drug-likeness (QED) is 0.595. The zero-order valence-corrected chi connectivity index (χ0v) is 15.4. The Bertz CT molecular complexity index is 667. The molecule has 2 rings (SSSR count). The maximum absolute atomic E-state index is 12.6. The largest absolute Gasteiger partial charge is 0.493 e. The minimum absolute atomic E-state index is 0.0250. The highest BCUT2D eigenvalue weighted by Gasteiger charge is 2.29. The molecule has 2 atom stereocenters. The Kier molecular flexibility index (Phi) is 6.82. The fourth-order valence-corrected chi connectivity index (χ4v) is 3.18. The van der Waals surface area contributed by atoms with E-state index in [4.69, 9.17) is 15.2 Å². The number of methoxy groups -OCH3 is 1. The van der Waals surface area contributed by atoms with Gasteiger partial charge in [0.2, 0.25) is 0 Å². The van der Waals surface area contributed by atoms with Gasteiger partial charge in [0.1, 0.15) is 0 Å². The third kappa shape index (κ3) is 5.11. The van der Waals surface area contributed by atoms with Gasteiger partial charge in [-0.05, 0) is 56.9 Å². The topological polar surface area (TPSA) is 106 Å². The maximum atomic E-state index is 12.6. The highest BCUT2D eigenvalue weighted by molar-refractivity contribution is 5.82. The average molecular weight is 362 g/mol. The second-order valence-corrected chi connectivity index (χ2v) is 6.36. The number of hydrazone groups is 1. The lowest BCUT2D eigenvalue weighted by atomic mass is 9.97. The van der Waals surface area contributed by atoms with Crippen molar-refractivity contribution in [3.05, 3.63) is 23.8 Å². The van der Waals surface area contributed by atoms with E-state index in [1.54, 1.807) is 18.2 Å². The normalized spacial score (nSPS) is 20.0. The number of nitrogens with one attached hydrogen (secondary N) is 1.